The number of hydrogen-bond donors (Lipinski definition) is 3. The highest BCUT2D eigenvalue weighted by Gasteiger charge is 2.40. The molecule has 0 bridgehead atoms. The largest absolute Gasteiger partial charge is 0.389 e. The van der Waals surface area contributed by atoms with E-state index in [1.54, 1.807) is 25.1 Å². The number of aryl methyl sites for hydroxylation is 1. The van der Waals surface area contributed by atoms with Crippen LogP contribution in [0.4, 0.5) is 30.7 Å². The molecule has 9 nitrogen and oxygen atoms in total. The lowest BCUT2D eigenvalue weighted by Crippen LogP contribution is -2.38. The first-order valence-corrected chi connectivity index (χ1v) is 13.4. The van der Waals surface area contributed by atoms with Crippen LogP contribution in [0.5, 0.6) is 0 Å². The van der Waals surface area contributed by atoms with Gasteiger partial charge in [-0.2, -0.15) is 13.2 Å². The van der Waals surface area contributed by atoms with Crippen molar-refractivity contribution in [2.75, 3.05) is 0 Å². The van der Waals surface area contributed by atoms with Gasteiger partial charge in [0.2, 0.25) is 24.1 Å². The summed E-state index contributed by atoms with van der Waals surface area (Å²) < 4.78 is 91.3. The van der Waals surface area contributed by atoms with Crippen LogP contribution in [0.1, 0.15) is 86.0 Å². The molecule has 1 aromatic carbocycles. The number of imidazole rings is 1. The number of carbonyl (C=O) groups is 2. The second-order valence-corrected chi connectivity index (χ2v) is 10.5. The zero-order valence-electron chi connectivity index (χ0n) is 22.5. The van der Waals surface area contributed by atoms with E-state index in [0.717, 1.165) is 11.0 Å². The monoisotopic (exact) mass is 605 g/mol. The Morgan fingerprint density at radius 3 is 2.55 bits per heavy atom. The van der Waals surface area contributed by atoms with Crippen molar-refractivity contribution in [3.8, 4) is 0 Å². The number of halogens is 7. The minimum Gasteiger partial charge on any atom is -0.350 e. The van der Waals surface area contributed by atoms with Gasteiger partial charge in [-0.05, 0) is 43.4 Å². The number of H-pyrrole nitrogens is 1. The van der Waals surface area contributed by atoms with Crippen molar-refractivity contribution in [1.82, 2.24) is 35.4 Å². The van der Waals surface area contributed by atoms with Crippen LogP contribution in [0, 0.1) is 5.92 Å². The average Bonchev–Trinajstić information content (AvgIpc) is 3.56. The first-order chi connectivity index (χ1) is 19.7. The summed E-state index contributed by atoms with van der Waals surface area (Å²) in [5, 5.41) is 9.22. The average molecular weight is 606 g/mol. The maximum absolute atomic E-state index is 13.9. The minimum atomic E-state index is -4.45. The minimum absolute atomic E-state index is 0.0947. The molecule has 3 N–H and O–H groups in total. The second kappa shape index (κ2) is 12.7. The van der Waals surface area contributed by atoms with E-state index in [1.807, 2.05) is 0 Å². The Labute approximate surface area is 235 Å². The van der Waals surface area contributed by atoms with Crippen LogP contribution < -0.4 is 10.6 Å². The topological polar surface area (TPSA) is 118 Å². The van der Waals surface area contributed by atoms with Crippen LogP contribution in [0.15, 0.2) is 24.5 Å². The molecule has 1 fully saturated rings. The van der Waals surface area contributed by atoms with Gasteiger partial charge in [-0.1, -0.05) is 6.07 Å². The molecule has 2 heterocycles. The van der Waals surface area contributed by atoms with Gasteiger partial charge in [-0.15, -0.1) is 5.10 Å². The summed E-state index contributed by atoms with van der Waals surface area (Å²) in [6.45, 7) is 1.47. The summed E-state index contributed by atoms with van der Waals surface area (Å²) in [5.41, 5.74) is 1.54. The van der Waals surface area contributed by atoms with Gasteiger partial charge in [0.1, 0.15) is 12.2 Å². The first kappa shape index (κ1) is 31.2. The molecule has 0 spiro atoms. The third-order valence-electron chi connectivity index (χ3n) is 7.17. The maximum atomic E-state index is 13.9. The van der Waals surface area contributed by atoms with Gasteiger partial charge in [0, 0.05) is 32.2 Å². The van der Waals surface area contributed by atoms with Gasteiger partial charge in [-0.25, -0.2) is 27.5 Å². The van der Waals surface area contributed by atoms with Crippen LogP contribution in [-0.4, -0.2) is 55.1 Å². The lowest BCUT2D eigenvalue weighted by atomic mass is 9.81. The third-order valence-corrected chi connectivity index (χ3v) is 7.17. The van der Waals surface area contributed by atoms with Gasteiger partial charge in [0.05, 0.1) is 29.5 Å². The number of alkyl halides is 7. The Hall–Kier alpha value is -3.72. The lowest BCUT2D eigenvalue weighted by molar-refractivity contribution is -0.144. The molecule has 0 unspecified atom stereocenters. The standard InChI is InChI=1S/C26H30F7N7O2/c1-14(35-20(41)6-10-26(31,32)33)16-2-3-17-18(12-16)37-22(36-17)21(15-4-8-25(29,30)9-5-15)38-24(42)23-34-13-40(39-23)11-7-19(27)28/h2-3,12-15,19,21H,4-11H2,1H3,(H,35,41)(H,36,37)(H,38,42)/t14-,21+/m1/s1. The fourth-order valence-corrected chi connectivity index (χ4v) is 4.86. The van der Waals surface area contributed by atoms with Crippen molar-refractivity contribution in [1.29, 1.82) is 0 Å². The molecule has 1 saturated carbocycles. The fraction of sp³-hybridized carbons (Fsp3) is 0.577. The van der Waals surface area contributed by atoms with Crippen molar-refractivity contribution in [2.24, 2.45) is 5.92 Å². The molecule has 0 saturated heterocycles. The number of benzene rings is 1. The maximum Gasteiger partial charge on any atom is 0.389 e. The van der Waals surface area contributed by atoms with Crippen LogP contribution in [-0.2, 0) is 11.3 Å². The lowest BCUT2D eigenvalue weighted by Gasteiger charge is -2.33. The van der Waals surface area contributed by atoms with E-state index in [9.17, 15) is 40.3 Å². The summed E-state index contributed by atoms with van der Waals surface area (Å²) in [6.07, 6.45) is -8.82. The molecular weight excluding hydrogens is 575 g/mol. The molecule has 2 atom stereocenters. The van der Waals surface area contributed by atoms with E-state index in [2.05, 4.69) is 30.7 Å². The van der Waals surface area contributed by atoms with Crippen LogP contribution in [0.25, 0.3) is 11.0 Å². The van der Waals surface area contributed by atoms with Crippen molar-refractivity contribution in [3.63, 3.8) is 0 Å². The van der Waals surface area contributed by atoms with Crippen molar-refractivity contribution < 1.29 is 40.3 Å². The fourth-order valence-electron chi connectivity index (χ4n) is 4.86. The Balaban J connectivity index is 1.53. The number of aromatic amines is 1. The summed E-state index contributed by atoms with van der Waals surface area (Å²) >= 11 is 0. The molecule has 3 aromatic rings. The second-order valence-electron chi connectivity index (χ2n) is 10.5. The van der Waals surface area contributed by atoms with Gasteiger partial charge in [0.25, 0.3) is 5.91 Å². The smallest absolute Gasteiger partial charge is 0.350 e. The number of nitrogens with one attached hydrogen (secondary N) is 3. The summed E-state index contributed by atoms with van der Waals surface area (Å²) in [7, 11) is 0. The van der Waals surface area contributed by atoms with Crippen molar-refractivity contribution in [3.05, 3.63) is 41.7 Å². The molecular formula is C26H30F7N7O2. The molecule has 16 heteroatoms. The first-order valence-electron chi connectivity index (χ1n) is 13.4. The number of amides is 2. The van der Waals surface area contributed by atoms with Crippen molar-refractivity contribution >= 4 is 22.8 Å². The Morgan fingerprint density at radius 2 is 1.88 bits per heavy atom. The predicted octanol–water partition coefficient (Wildman–Crippen LogP) is 5.63. The Bertz CT molecular complexity index is 1380. The van der Waals surface area contributed by atoms with Gasteiger partial charge in [-0.3, -0.25) is 14.3 Å². The van der Waals surface area contributed by atoms with E-state index in [0.29, 0.717) is 16.6 Å². The van der Waals surface area contributed by atoms with Crippen LogP contribution in [0.3, 0.4) is 0 Å². The van der Waals surface area contributed by atoms with E-state index < -0.39 is 67.6 Å². The van der Waals surface area contributed by atoms with E-state index >= 15 is 0 Å². The third kappa shape index (κ3) is 8.41. The Morgan fingerprint density at radius 1 is 1.17 bits per heavy atom. The van der Waals surface area contributed by atoms with Crippen molar-refractivity contribution in [2.45, 2.75) is 89.0 Å². The molecule has 0 radical (unpaired) electrons. The Kier molecular flexibility index (Phi) is 9.40. The SMILES string of the molecule is C[C@@H](NC(=O)CCC(F)(F)F)c1ccc2nc([C@@H](NC(=O)c3ncn(CCC(F)F)n3)C3CCC(F)(F)CC3)[nH]c2c1. The molecule has 1 aliphatic carbocycles. The molecule has 1 aliphatic rings. The van der Waals surface area contributed by atoms with Crippen LogP contribution in [0.2, 0.25) is 0 Å². The summed E-state index contributed by atoms with van der Waals surface area (Å²) in [6, 6.07) is 3.47. The molecule has 230 valence electrons. The van der Waals surface area contributed by atoms with E-state index in [1.165, 1.54) is 0 Å². The van der Waals surface area contributed by atoms with E-state index in [4.69, 9.17) is 0 Å². The number of rotatable bonds is 11. The normalized spacial score (nSPS) is 17.4. The highest BCUT2D eigenvalue weighted by molar-refractivity contribution is 5.90. The molecule has 2 amide bonds. The summed E-state index contributed by atoms with van der Waals surface area (Å²) in [4.78, 5) is 36.5. The number of aromatic nitrogens is 5. The highest BCUT2D eigenvalue weighted by Crippen LogP contribution is 2.41. The molecule has 2 aromatic heterocycles. The van der Waals surface area contributed by atoms with Crippen LogP contribution >= 0.6 is 0 Å². The summed E-state index contributed by atoms with van der Waals surface area (Å²) in [5.74, 6) is -4.72. The number of hydrogen-bond acceptors (Lipinski definition) is 5. The number of fused-ring (bicyclic) bond motifs is 1. The molecule has 4 rings (SSSR count). The predicted molar refractivity (Wildman–Crippen MR) is 136 cm³/mol. The van der Waals surface area contributed by atoms with E-state index in [-0.39, 0.29) is 43.9 Å². The van der Waals surface area contributed by atoms with Gasteiger partial charge < -0.3 is 15.6 Å². The zero-order valence-corrected chi connectivity index (χ0v) is 22.5. The molecule has 0 aliphatic heterocycles. The van der Waals surface area contributed by atoms with Gasteiger partial charge >= 0.3 is 6.18 Å². The van der Waals surface area contributed by atoms with Gasteiger partial charge in [0.15, 0.2) is 0 Å². The highest BCUT2D eigenvalue weighted by atomic mass is 19.4. The number of carbonyl (C=O) groups excluding carboxylic acids is 2. The number of nitrogens with zero attached hydrogens (tertiary/aromatic N) is 4. The molecule has 42 heavy (non-hydrogen) atoms. The quantitative estimate of drug-likeness (QED) is 0.245. The zero-order chi connectivity index (χ0) is 30.7.